The van der Waals surface area contributed by atoms with Crippen LogP contribution in [-0.4, -0.2) is 22.6 Å². The molecule has 0 aliphatic heterocycles. The van der Waals surface area contributed by atoms with Gasteiger partial charge in [0.1, 0.15) is 11.7 Å². The first-order chi connectivity index (χ1) is 31.4. The molecule has 0 aliphatic rings. The van der Waals surface area contributed by atoms with Gasteiger partial charge in [-0.1, -0.05) is 149 Å². The molecule has 0 N–H and O–H groups in total. The molecule has 0 unspecified atom stereocenters. The van der Waals surface area contributed by atoms with E-state index in [9.17, 15) is 9.65 Å². The Kier molecular flexibility index (Phi) is 13.2. The molecule has 0 atom stereocenters. The minimum atomic E-state index is -1.30. The molecule has 8 heteroatoms. The summed E-state index contributed by atoms with van der Waals surface area (Å²) in [5.74, 6) is 0.967. The molecule has 0 fully saturated rings. The molecule has 7 aromatic carbocycles. The first-order valence-electron chi connectivity index (χ1n) is 22.1. The Morgan fingerprint density at radius 3 is 1.95 bits per heavy atom. The number of aromatic nitrogens is 3. The molecule has 3 aromatic heterocycles. The molecule has 10 aromatic rings. The van der Waals surface area contributed by atoms with E-state index >= 15 is 0 Å². The summed E-state index contributed by atoms with van der Waals surface area (Å²) in [6.45, 7) is 15.9. The summed E-state index contributed by atoms with van der Waals surface area (Å²) in [5, 5.41) is 13.0. The van der Waals surface area contributed by atoms with Crippen LogP contribution in [0.3, 0.4) is 0 Å². The molecule has 0 aliphatic carbocycles. The minimum absolute atomic E-state index is 0. The number of hydrogen-bond donors (Lipinski definition) is 0. The van der Waals surface area contributed by atoms with Crippen molar-refractivity contribution in [2.75, 3.05) is 0 Å². The summed E-state index contributed by atoms with van der Waals surface area (Å²) in [6, 6.07) is 59.3. The summed E-state index contributed by atoms with van der Waals surface area (Å²) in [5.41, 5.74) is 14.6. The number of nitrogens with zero attached hydrogens (tertiary/aromatic N) is 4. The standard InChI is InChI=1S/C44H34N3O.C14H15FNSi.Ir/c1-27(2)37-24-33(31-22-20-30(21-23-31)29-12-6-5-7-13-29)25-38(28(3)4)41(37)47-40-19-9-8-18-39(40)46-44(47)36-17-11-16-35-34-15-10-14-32(26-45)42(34)48-43(35)36;1-17(2,3)13-8-9-14(16-10-13)11-4-6-12(15)7-5-11;/h5-16,18-25,27-28H,1-4H3;4,6-10H,1-3H3;/q2*-1;. The average molecular weight is 1060 g/mol. The number of halogens is 1. The van der Waals surface area contributed by atoms with Gasteiger partial charge in [-0.25, -0.2) is 0 Å². The summed E-state index contributed by atoms with van der Waals surface area (Å²) in [4.78, 5) is 9.67. The molecule has 3 heterocycles. The van der Waals surface area contributed by atoms with E-state index in [1.807, 2.05) is 42.6 Å². The van der Waals surface area contributed by atoms with Gasteiger partial charge >= 0.3 is 0 Å². The van der Waals surface area contributed by atoms with Crippen LogP contribution in [0.25, 0.3) is 83.6 Å². The number of nitriles is 1. The second-order valence-electron chi connectivity index (χ2n) is 18.1. The molecule has 0 saturated heterocycles. The van der Waals surface area contributed by atoms with Gasteiger partial charge in [-0.15, -0.1) is 48.0 Å². The third-order valence-corrected chi connectivity index (χ3v) is 14.0. The molecular formula is C58H49FIrN4OSi-2. The second-order valence-corrected chi connectivity index (χ2v) is 23.2. The molecule has 66 heavy (non-hydrogen) atoms. The Morgan fingerprint density at radius 1 is 0.682 bits per heavy atom. The third kappa shape index (κ3) is 8.95. The van der Waals surface area contributed by atoms with E-state index < -0.39 is 8.07 Å². The molecule has 0 saturated carbocycles. The van der Waals surface area contributed by atoms with Gasteiger partial charge in [0.25, 0.3) is 0 Å². The Bertz CT molecular complexity index is 3330. The van der Waals surface area contributed by atoms with Crippen molar-refractivity contribution >= 4 is 46.2 Å². The number of fused-ring (bicyclic) bond motifs is 4. The van der Waals surface area contributed by atoms with Gasteiger partial charge in [-0.3, -0.25) is 9.37 Å². The quantitative estimate of drug-likeness (QED) is 0.112. The maximum Gasteiger partial charge on any atom is 0.138 e. The van der Waals surface area contributed by atoms with E-state index in [1.54, 1.807) is 12.1 Å². The molecule has 0 spiro atoms. The van der Waals surface area contributed by atoms with Gasteiger partial charge in [0.2, 0.25) is 0 Å². The number of imidazole rings is 1. The van der Waals surface area contributed by atoms with Crippen molar-refractivity contribution in [3.05, 3.63) is 192 Å². The van der Waals surface area contributed by atoms with E-state index in [0.717, 1.165) is 50.1 Å². The molecule has 1 radical (unpaired) electrons. The van der Waals surface area contributed by atoms with Crippen molar-refractivity contribution in [3.63, 3.8) is 0 Å². The summed E-state index contributed by atoms with van der Waals surface area (Å²) in [6.07, 6.45) is 1.93. The third-order valence-electron chi connectivity index (χ3n) is 12.0. The minimum Gasteiger partial charge on any atom is -0.499 e. The number of pyridine rings is 1. The van der Waals surface area contributed by atoms with Gasteiger partial charge in [0.05, 0.1) is 36.1 Å². The molecule has 0 amide bonds. The van der Waals surface area contributed by atoms with Crippen LogP contribution in [0.1, 0.15) is 56.2 Å². The van der Waals surface area contributed by atoms with Crippen molar-refractivity contribution in [1.29, 1.82) is 5.26 Å². The van der Waals surface area contributed by atoms with Crippen molar-refractivity contribution in [2.45, 2.75) is 59.2 Å². The van der Waals surface area contributed by atoms with Gasteiger partial charge in [-0.05, 0) is 86.4 Å². The van der Waals surface area contributed by atoms with Crippen LogP contribution in [0.15, 0.2) is 162 Å². The number of rotatable bonds is 8. The smallest absolute Gasteiger partial charge is 0.138 e. The molecule has 10 rings (SSSR count). The normalized spacial score (nSPS) is 11.5. The predicted octanol–water partition coefficient (Wildman–Crippen LogP) is 15.1. The first-order valence-corrected chi connectivity index (χ1v) is 25.6. The van der Waals surface area contributed by atoms with Crippen LogP contribution >= 0.6 is 0 Å². The number of furan rings is 1. The van der Waals surface area contributed by atoms with Crippen molar-refractivity contribution < 1.29 is 28.9 Å². The van der Waals surface area contributed by atoms with Crippen LogP contribution < -0.4 is 5.19 Å². The maximum atomic E-state index is 12.8. The summed E-state index contributed by atoms with van der Waals surface area (Å²) in [7, 11) is -1.30. The van der Waals surface area contributed by atoms with Crippen LogP contribution in [0.4, 0.5) is 4.39 Å². The van der Waals surface area contributed by atoms with Gasteiger partial charge in [0, 0.05) is 43.2 Å². The van der Waals surface area contributed by atoms with Crippen LogP contribution in [0, 0.1) is 29.3 Å². The second kappa shape index (κ2) is 19.0. The number of benzene rings is 7. The fraction of sp³-hybridized carbons (Fsp3) is 0.155. The SMILES string of the molecule is CC(C)c1cc(-c2ccc(-c3ccccc3)cc2)cc(C(C)C)c1-n1c(-c2[c-]ccc3c2oc2c(C#N)cccc23)nc2ccccc21.C[Si](C)(C)c1ccc(-c2[c-]cc(F)cc2)nc1.[Ir]. The van der Waals surface area contributed by atoms with Crippen molar-refractivity contribution in [2.24, 2.45) is 0 Å². The maximum absolute atomic E-state index is 12.8. The topological polar surface area (TPSA) is 67.6 Å². The van der Waals surface area contributed by atoms with Gasteiger partial charge in [-0.2, -0.15) is 5.26 Å². The fourth-order valence-electron chi connectivity index (χ4n) is 8.47. The summed E-state index contributed by atoms with van der Waals surface area (Å²) >= 11 is 0. The fourth-order valence-corrected chi connectivity index (χ4v) is 9.51. The molecule has 329 valence electrons. The average Bonchev–Trinajstić information content (AvgIpc) is 3.91. The Hall–Kier alpha value is -6.75. The molecular weight excluding hydrogens is 1010 g/mol. The number of para-hydroxylation sites is 3. The zero-order valence-electron chi connectivity index (χ0n) is 38.1. The molecule has 5 nitrogen and oxygen atoms in total. The zero-order chi connectivity index (χ0) is 45.4. The van der Waals surface area contributed by atoms with Crippen LogP contribution in [-0.2, 0) is 20.1 Å². The van der Waals surface area contributed by atoms with Crippen molar-refractivity contribution in [3.8, 4) is 56.7 Å². The number of hydrogen-bond acceptors (Lipinski definition) is 4. The van der Waals surface area contributed by atoms with E-state index in [-0.39, 0.29) is 37.8 Å². The van der Waals surface area contributed by atoms with E-state index in [0.29, 0.717) is 16.7 Å². The van der Waals surface area contributed by atoms with Crippen molar-refractivity contribution in [1.82, 2.24) is 14.5 Å². The largest absolute Gasteiger partial charge is 0.499 e. The Labute approximate surface area is 401 Å². The summed E-state index contributed by atoms with van der Waals surface area (Å²) < 4.78 is 21.6. The zero-order valence-corrected chi connectivity index (χ0v) is 41.5. The monoisotopic (exact) mass is 1060 g/mol. The van der Waals surface area contributed by atoms with Crippen LogP contribution in [0.5, 0.6) is 0 Å². The molecule has 0 bridgehead atoms. The van der Waals surface area contributed by atoms with Gasteiger partial charge < -0.3 is 14.0 Å². The predicted molar refractivity (Wildman–Crippen MR) is 268 cm³/mol. The van der Waals surface area contributed by atoms with Crippen LogP contribution in [0.2, 0.25) is 19.6 Å². The Morgan fingerprint density at radius 2 is 1.33 bits per heavy atom. The van der Waals surface area contributed by atoms with E-state index in [1.165, 1.54) is 50.7 Å². The Balaban J connectivity index is 0.000000278. The van der Waals surface area contributed by atoms with E-state index in [4.69, 9.17) is 9.40 Å². The van der Waals surface area contributed by atoms with E-state index in [2.05, 4.69) is 166 Å². The first kappa shape index (κ1) is 45.8. The van der Waals surface area contributed by atoms with Gasteiger partial charge in [0.15, 0.2) is 0 Å².